The van der Waals surface area contributed by atoms with E-state index >= 15 is 0 Å². The van der Waals surface area contributed by atoms with Gasteiger partial charge in [-0.3, -0.25) is 4.99 Å². The van der Waals surface area contributed by atoms with Crippen LogP contribution in [0.3, 0.4) is 0 Å². The lowest BCUT2D eigenvalue weighted by atomic mass is 10.1. The third kappa shape index (κ3) is 5.84. The number of nitrogens with one attached hydrogen (secondary N) is 2. The standard InChI is InChI=1S/C19H28N6S.HI/c1-14-10-15(2)25(24-14)17-7-6-16(11-21-17)12-22-18(20-4)23-13-19(3)8-5-9-26-19;/h6-7,10-11H,5,8-9,12-13H2,1-4H3,(H2,20,22,23);1H. The maximum atomic E-state index is 4.54. The van der Waals surface area contributed by atoms with E-state index in [0.717, 1.165) is 35.3 Å². The number of aryl methyl sites for hydroxylation is 2. The topological polar surface area (TPSA) is 67.1 Å². The number of pyridine rings is 1. The molecule has 1 atom stereocenters. The van der Waals surface area contributed by atoms with Crippen LogP contribution in [0.4, 0.5) is 0 Å². The molecule has 2 aromatic rings. The van der Waals surface area contributed by atoms with Crippen molar-refractivity contribution in [1.82, 2.24) is 25.4 Å². The van der Waals surface area contributed by atoms with Crippen LogP contribution in [0.1, 0.15) is 36.7 Å². The first kappa shape index (κ1) is 22.0. The second kappa shape index (κ2) is 9.77. The molecule has 1 fully saturated rings. The normalized spacial score (nSPS) is 19.6. The number of halogens is 1. The molecule has 1 saturated heterocycles. The second-order valence-electron chi connectivity index (χ2n) is 7.04. The molecular weight excluding hydrogens is 471 g/mol. The number of thioether (sulfide) groups is 1. The molecule has 3 rings (SSSR count). The Kier molecular flexibility index (Phi) is 7.96. The first-order chi connectivity index (χ1) is 12.5. The SMILES string of the molecule is CN=C(NCc1ccc(-n2nc(C)cc2C)nc1)NCC1(C)CCCS1.I. The van der Waals surface area contributed by atoms with Crippen molar-refractivity contribution in [2.75, 3.05) is 19.3 Å². The zero-order valence-electron chi connectivity index (χ0n) is 16.5. The number of aromatic nitrogens is 3. The van der Waals surface area contributed by atoms with Crippen molar-refractivity contribution in [2.24, 2.45) is 4.99 Å². The Morgan fingerprint density at radius 1 is 1.33 bits per heavy atom. The van der Waals surface area contributed by atoms with Crippen LogP contribution in [0.5, 0.6) is 0 Å². The summed E-state index contributed by atoms with van der Waals surface area (Å²) < 4.78 is 2.19. The van der Waals surface area contributed by atoms with Gasteiger partial charge in [0.2, 0.25) is 0 Å². The van der Waals surface area contributed by atoms with Crippen LogP contribution in [-0.4, -0.2) is 44.8 Å². The number of hydrogen-bond acceptors (Lipinski definition) is 4. The average Bonchev–Trinajstić information content (AvgIpc) is 3.21. The van der Waals surface area contributed by atoms with Gasteiger partial charge in [0.25, 0.3) is 0 Å². The van der Waals surface area contributed by atoms with Gasteiger partial charge in [-0.05, 0) is 57.1 Å². The summed E-state index contributed by atoms with van der Waals surface area (Å²) in [5.41, 5.74) is 3.20. The summed E-state index contributed by atoms with van der Waals surface area (Å²) in [6, 6.07) is 6.13. The van der Waals surface area contributed by atoms with Crippen LogP contribution in [0.25, 0.3) is 5.82 Å². The average molecular weight is 500 g/mol. The van der Waals surface area contributed by atoms with Gasteiger partial charge in [0, 0.05) is 36.8 Å². The minimum Gasteiger partial charge on any atom is -0.355 e. The fraction of sp³-hybridized carbons (Fsp3) is 0.526. The van der Waals surface area contributed by atoms with Gasteiger partial charge in [0.05, 0.1) is 5.69 Å². The van der Waals surface area contributed by atoms with Crippen LogP contribution < -0.4 is 10.6 Å². The molecule has 0 aromatic carbocycles. The molecule has 3 heterocycles. The van der Waals surface area contributed by atoms with Crippen molar-refractivity contribution in [3.8, 4) is 5.82 Å². The Balaban J connectivity index is 0.00000261. The Morgan fingerprint density at radius 2 is 2.15 bits per heavy atom. The number of hydrogen-bond donors (Lipinski definition) is 2. The van der Waals surface area contributed by atoms with Gasteiger partial charge in [0.1, 0.15) is 0 Å². The molecule has 1 aliphatic heterocycles. The molecular formula is C19H29IN6S. The monoisotopic (exact) mass is 500 g/mol. The zero-order valence-corrected chi connectivity index (χ0v) is 19.6. The molecule has 0 saturated carbocycles. The highest BCUT2D eigenvalue weighted by Gasteiger charge is 2.29. The fourth-order valence-electron chi connectivity index (χ4n) is 3.16. The predicted octanol–water partition coefficient (Wildman–Crippen LogP) is 3.45. The molecule has 148 valence electrons. The molecule has 8 heteroatoms. The van der Waals surface area contributed by atoms with E-state index < -0.39 is 0 Å². The van der Waals surface area contributed by atoms with E-state index in [-0.39, 0.29) is 24.0 Å². The lowest BCUT2D eigenvalue weighted by molar-refractivity contribution is 0.584. The largest absolute Gasteiger partial charge is 0.355 e. The van der Waals surface area contributed by atoms with Crippen LogP contribution in [-0.2, 0) is 6.54 Å². The summed E-state index contributed by atoms with van der Waals surface area (Å²) in [6.07, 6.45) is 4.46. The summed E-state index contributed by atoms with van der Waals surface area (Å²) in [4.78, 5) is 8.87. The Hall–Kier alpha value is -1.29. The van der Waals surface area contributed by atoms with Gasteiger partial charge in [-0.25, -0.2) is 9.67 Å². The van der Waals surface area contributed by atoms with Gasteiger partial charge >= 0.3 is 0 Å². The van der Waals surface area contributed by atoms with Crippen molar-refractivity contribution in [1.29, 1.82) is 0 Å². The summed E-state index contributed by atoms with van der Waals surface area (Å²) in [5.74, 6) is 2.94. The van der Waals surface area contributed by atoms with Gasteiger partial charge in [0.15, 0.2) is 11.8 Å². The summed E-state index contributed by atoms with van der Waals surface area (Å²) in [6.45, 7) is 7.98. The van der Waals surface area contributed by atoms with E-state index in [0.29, 0.717) is 11.3 Å². The minimum absolute atomic E-state index is 0. The number of rotatable bonds is 5. The highest BCUT2D eigenvalue weighted by atomic mass is 127. The maximum Gasteiger partial charge on any atom is 0.191 e. The van der Waals surface area contributed by atoms with Crippen molar-refractivity contribution in [2.45, 2.75) is 44.9 Å². The second-order valence-corrected chi connectivity index (χ2v) is 8.73. The van der Waals surface area contributed by atoms with Gasteiger partial charge in [-0.15, -0.1) is 24.0 Å². The predicted molar refractivity (Wildman–Crippen MR) is 125 cm³/mol. The van der Waals surface area contributed by atoms with E-state index in [2.05, 4.69) is 56.5 Å². The van der Waals surface area contributed by atoms with E-state index in [4.69, 9.17) is 0 Å². The molecule has 27 heavy (non-hydrogen) atoms. The number of nitrogens with zero attached hydrogens (tertiary/aromatic N) is 4. The first-order valence-electron chi connectivity index (χ1n) is 9.06. The van der Waals surface area contributed by atoms with Gasteiger partial charge < -0.3 is 10.6 Å². The molecule has 0 bridgehead atoms. The summed E-state index contributed by atoms with van der Waals surface area (Å²) >= 11 is 2.05. The highest BCUT2D eigenvalue weighted by Crippen LogP contribution is 2.36. The van der Waals surface area contributed by atoms with Crippen LogP contribution in [0.15, 0.2) is 29.4 Å². The fourth-order valence-corrected chi connectivity index (χ4v) is 4.41. The Bertz CT molecular complexity index is 765. The summed E-state index contributed by atoms with van der Waals surface area (Å²) in [5, 5.41) is 11.3. The first-order valence-corrected chi connectivity index (χ1v) is 10.0. The van der Waals surface area contributed by atoms with Gasteiger partial charge in [-0.2, -0.15) is 16.9 Å². The van der Waals surface area contributed by atoms with E-state index in [1.807, 2.05) is 37.8 Å². The lowest BCUT2D eigenvalue weighted by Gasteiger charge is -2.24. The smallest absolute Gasteiger partial charge is 0.191 e. The Morgan fingerprint density at radius 3 is 2.70 bits per heavy atom. The van der Waals surface area contributed by atoms with Crippen molar-refractivity contribution in [3.63, 3.8) is 0 Å². The van der Waals surface area contributed by atoms with E-state index in [1.54, 1.807) is 0 Å². The molecule has 2 N–H and O–H groups in total. The molecule has 1 unspecified atom stereocenters. The van der Waals surface area contributed by atoms with Crippen LogP contribution in [0, 0.1) is 13.8 Å². The zero-order chi connectivity index (χ0) is 18.6. The van der Waals surface area contributed by atoms with Crippen LogP contribution in [0.2, 0.25) is 0 Å². The highest BCUT2D eigenvalue weighted by molar-refractivity contribution is 14.0. The molecule has 6 nitrogen and oxygen atoms in total. The molecule has 2 aromatic heterocycles. The van der Waals surface area contributed by atoms with Gasteiger partial charge in [-0.1, -0.05) is 6.07 Å². The van der Waals surface area contributed by atoms with Crippen molar-refractivity contribution < 1.29 is 0 Å². The molecule has 0 amide bonds. The number of aliphatic imine (C=N–C) groups is 1. The Labute approximate surface area is 183 Å². The minimum atomic E-state index is 0. The molecule has 0 spiro atoms. The molecule has 0 radical (unpaired) electrons. The maximum absolute atomic E-state index is 4.54. The van der Waals surface area contributed by atoms with E-state index in [9.17, 15) is 0 Å². The van der Waals surface area contributed by atoms with Crippen molar-refractivity contribution in [3.05, 3.63) is 41.3 Å². The quantitative estimate of drug-likeness (QED) is 0.374. The molecule has 0 aliphatic carbocycles. The number of guanidine groups is 1. The lowest BCUT2D eigenvalue weighted by Crippen LogP contribution is -2.43. The van der Waals surface area contributed by atoms with Crippen LogP contribution >= 0.6 is 35.7 Å². The molecule has 1 aliphatic rings. The third-order valence-electron chi connectivity index (χ3n) is 4.65. The summed E-state index contributed by atoms with van der Waals surface area (Å²) in [7, 11) is 1.81. The third-order valence-corrected chi connectivity index (χ3v) is 6.19. The van der Waals surface area contributed by atoms with E-state index in [1.165, 1.54) is 18.6 Å². The van der Waals surface area contributed by atoms with Crippen molar-refractivity contribution >= 4 is 41.7 Å².